The lowest BCUT2D eigenvalue weighted by atomic mass is 9.87. The number of carbonyl (C=O) groups is 2. The molecule has 1 aromatic carbocycles. The number of hydrogen-bond acceptors (Lipinski definition) is 4. The van der Waals surface area contributed by atoms with Crippen molar-refractivity contribution < 1.29 is 14.3 Å². The molecule has 2 fully saturated rings. The summed E-state index contributed by atoms with van der Waals surface area (Å²) < 4.78 is 6.18. The zero-order chi connectivity index (χ0) is 19.7. The second-order valence-corrected chi connectivity index (χ2v) is 8.37. The number of rotatable bonds is 3. The summed E-state index contributed by atoms with van der Waals surface area (Å²) >= 11 is 0. The molecule has 2 aromatic rings. The highest BCUT2D eigenvalue weighted by Crippen LogP contribution is 2.33. The molecular formula is C21H28N4O3. The average Bonchev–Trinajstić information content (AvgIpc) is 3.09. The SMILES string of the molecule is CC(C)CN1CCOC2(CCN(C(=O)c3ccc4nc[nH]c4c3)CC2)CC1=O. The maximum atomic E-state index is 12.9. The van der Waals surface area contributed by atoms with Crippen LogP contribution in [0.25, 0.3) is 11.0 Å². The fraction of sp³-hybridized carbons (Fsp3) is 0.571. The monoisotopic (exact) mass is 384 g/mol. The summed E-state index contributed by atoms with van der Waals surface area (Å²) in [6, 6.07) is 5.54. The zero-order valence-corrected chi connectivity index (χ0v) is 16.6. The van der Waals surface area contributed by atoms with Gasteiger partial charge in [-0.05, 0) is 37.0 Å². The number of H-pyrrole nitrogens is 1. The Bertz CT molecular complexity index is 867. The molecule has 28 heavy (non-hydrogen) atoms. The molecule has 1 N–H and O–H groups in total. The summed E-state index contributed by atoms with van der Waals surface area (Å²) in [4.78, 5) is 36.7. The quantitative estimate of drug-likeness (QED) is 0.882. The molecule has 150 valence electrons. The van der Waals surface area contributed by atoms with E-state index in [0.717, 1.165) is 17.6 Å². The first-order valence-corrected chi connectivity index (χ1v) is 10.1. The number of benzene rings is 1. The van der Waals surface area contributed by atoms with Crippen molar-refractivity contribution in [1.82, 2.24) is 19.8 Å². The number of aromatic nitrogens is 2. The summed E-state index contributed by atoms with van der Waals surface area (Å²) in [6.45, 7) is 7.47. The van der Waals surface area contributed by atoms with Gasteiger partial charge in [0.15, 0.2) is 0 Å². The summed E-state index contributed by atoms with van der Waals surface area (Å²) in [6.07, 6.45) is 3.45. The number of ether oxygens (including phenoxy) is 1. The summed E-state index contributed by atoms with van der Waals surface area (Å²) in [5, 5.41) is 0. The van der Waals surface area contributed by atoms with Gasteiger partial charge in [-0.15, -0.1) is 0 Å². The minimum absolute atomic E-state index is 0.0210. The molecule has 3 heterocycles. The first-order valence-electron chi connectivity index (χ1n) is 10.1. The van der Waals surface area contributed by atoms with Crippen LogP contribution in [0.15, 0.2) is 24.5 Å². The molecule has 4 rings (SSSR count). The van der Waals surface area contributed by atoms with Crippen LogP contribution in [0.5, 0.6) is 0 Å². The normalized spacial score (nSPS) is 20.2. The molecule has 1 spiro atoms. The van der Waals surface area contributed by atoms with Crippen molar-refractivity contribution in [3.8, 4) is 0 Å². The van der Waals surface area contributed by atoms with Crippen molar-refractivity contribution >= 4 is 22.8 Å². The van der Waals surface area contributed by atoms with Gasteiger partial charge in [0.2, 0.25) is 5.91 Å². The van der Waals surface area contributed by atoms with Gasteiger partial charge in [-0.25, -0.2) is 4.98 Å². The molecule has 2 amide bonds. The summed E-state index contributed by atoms with van der Waals surface area (Å²) in [7, 11) is 0. The number of piperidine rings is 1. The number of nitrogens with zero attached hydrogens (tertiary/aromatic N) is 3. The smallest absolute Gasteiger partial charge is 0.253 e. The zero-order valence-electron chi connectivity index (χ0n) is 16.6. The van der Waals surface area contributed by atoms with Gasteiger partial charge in [-0.3, -0.25) is 9.59 Å². The van der Waals surface area contributed by atoms with Gasteiger partial charge in [0, 0.05) is 31.7 Å². The van der Waals surface area contributed by atoms with E-state index in [2.05, 4.69) is 23.8 Å². The Morgan fingerprint density at radius 3 is 2.82 bits per heavy atom. The molecule has 0 aliphatic carbocycles. The number of amides is 2. The number of carbonyl (C=O) groups excluding carboxylic acids is 2. The summed E-state index contributed by atoms with van der Waals surface area (Å²) in [5.41, 5.74) is 1.95. The van der Waals surface area contributed by atoms with Crippen molar-refractivity contribution in [3.63, 3.8) is 0 Å². The van der Waals surface area contributed by atoms with E-state index in [9.17, 15) is 9.59 Å². The van der Waals surface area contributed by atoms with E-state index >= 15 is 0 Å². The maximum Gasteiger partial charge on any atom is 0.253 e. The maximum absolute atomic E-state index is 12.9. The Hall–Kier alpha value is -2.41. The first-order chi connectivity index (χ1) is 13.5. The van der Waals surface area contributed by atoms with E-state index in [1.807, 2.05) is 28.0 Å². The molecule has 7 nitrogen and oxygen atoms in total. The van der Waals surface area contributed by atoms with Crippen molar-refractivity contribution in [3.05, 3.63) is 30.1 Å². The standard InChI is InChI=1S/C21H28N4O3/c1-15(2)13-25-9-10-28-21(12-19(25)26)5-7-24(8-6-21)20(27)16-3-4-17-18(11-16)23-14-22-17/h3-4,11,14-15H,5-10,12-13H2,1-2H3,(H,22,23). The van der Waals surface area contributed by atoms with Crippen LogP contribution in [0.4, 0.5) is 0 Å². The molecule has 0 bridgehead atoms. The molecule has 0 unspecified atom stereocenters. The van der Waals surface area contributed by atoms with E-state index in [0.29, 0.717) is 57.0 Å². The van der Waals surface area contributed by atoms with Gasteiger partial charge < -0.3 is 19.5 Å². The van der Waals surface area contributed by atoms with E-state index in [1.54, 1.807) is 6.33 Å². The van der Waals surface area contributed by atoms with Crippen molar-refractivity contribution in [1.29, 1.82) is 0 Å². The van der Waals surface area contributed by atoms with Gasteiger partial charge in [-0.2, -0.15) is 0 Å². The van der Waals surface area contributed by atoms with E-state index < -0.39 is 5.60 Å². The molecule has 2 aliphatic rings. The number of fused-ring (bicyclic) bond motifs is 1. The Morgan fingerprint density at radius 2 is 2.07 bits per heavy atom. The number of hydrogen-bond donors (Lipinski definition) is 1. The number of imidazole rings is 1. The topological polar surface area (TPSA) is 78.5 Å². The Balaban J connectivity index is 1.41. The second kappa shape index (κ2) is 7.54. The number of aromatic amines is 1. The molecular weight excluding hydrogens is 356 g/mol. The van der Waals surface area contributed by atoms with Crippen LogP contribution in [0, 0.1) is 5.92 Å². The summed E-state index contributed by atoms with van der Waals surface area (Å²) in [5.74, 6) is 0.646. The Kier molecular flexibility index (Phi) is 5.10. The second-order valence-electron chi connectivity index (χ2n) is 8.37. The van der Waals surface area contributed by atoms with Gasteiger partial charge in [-0.1, -0.05) is 13.8 Å². The fourth-order valence-electron chi connectivity index (χ4n) is 4.26. The lowest BCUT2D eigenvalue weighted by molar-refractivity contribution is -0.135. The number of nitrogens with one attached hydrogen (secondary N) is 1. The molecule has 7 heteroatoms. The minimum atomic E-state index is -0.424. The molecule has 0 saturated carbocycles. The Morgan fingerprint density at radius 1 is 1.29 bits per heavy atom. The highest BCUT2D eigenvalue weighted by molar-refractivity contribution is 5.97. The van der Waals surface area contributed by atoms with Crippen LogP contribution in [-0.4, -0.2) is 70.0 Å². The lowest BCUT2D eigenvalue weighted by Crippen LogP contribution is -2.49. The van der Waals surface area contributed by atoms with Crippen molar-refractivity contribution in [2.24, 2.45) is 5.92 Å². The van der Waals surface area contributed by atoms with Gasteiger partial charge >= 0.3 is 0 Å². The highest BCUT2D eigenvalue weighted by Gasteiger charge is 2.41. The molecule has 0 atom stereocenters. The molecule has 0 radical (unpaired) electrons. The third-order valence-electron chi connectivity index (χ3n) is 5.81. The van der Waals surface area contributed by atoms with Crippen LogP contribution in [0.2, 0.25) is 0 Å². The molecule has 2 aliphatic heterocycles. The van der Waals surface area contributed by atoms with E-state index in [4.69, 9.17) is 4.74 Å². The predicted octanol–water partition coefficient (Wildman–Crippen LogP) is 2.44. The molecule has 1 aromatic heterocycles. The van der Waals surface area contributed by atoms with Gasteiger partial charge in [0.1, 0.15) is 0 Å². The average molecular weight is 384 g/mol. The largest absolute Gasteiger partial charge is 0.372 e. The van der Waals surface area contributed by atoms with Crippen LogP contribution >= 0.6 is 0 Å². The number of likely N-dealkylation sites (tertiary alicyclic amines) is 1. The van der Waals surface area contributed by atoms with Crippen LogP contribution < -0.4 is 0 Å². The highest BCUT2D eigenvalue weighted by atomic mass is 16.5. The predicted molar refractivity (Wildman–Crippen MR) is 106 cm³/mol. The van der Waals surface area contributed by atoms with Crippen molar-refractivity contribution in [2.75, 3.05) is 32.8 Å². The lowest BCUT2D eigenvalue weighted by Gasteiger charge is -2.40. The van der Waals surface area contributed by atoms with Gasteiger partial charge in [0.25, 0.3) is 5.91 Å². The van der Waals surface area contributed by atoms with Gasteiger partial charge in [0.05, 0.1) is 36.0 Å². The molecule has 2 saturated heterocycles. The van der Waals surface area contributed by atoms with Crippen molar-refractivity contribution in [2.45, 2.75) is 38.7 Å². The third kappa shape index (κ3) is 3.76. The van der Waals surface area contributed by atoms with Crippen LogP contribution in [0.3, 0.4) is 0 Å². The van der Waals surface area contributed by atoms with Crippen LogP contribution in [-0.2, 0) is 9.53 Å². The Labute approximate surface area is 165 Å². The van der Waals surface area contributed by atoms with Crippen LogP contribution in [0.1, 0.15) is 43.5 Å². The third-order valence-corrected chi connectivity index (χ3v) is 5.81. The van der Waals surface area contributed by atoms with E-state index in [1.165, 1.54) is 0 Å². The fourth-order valence-corrected chi connectivity index (χ4v) is 4.26. The van der Waals surface area contributed by atoms with E-state index in [-0.39, 0.29) is 11.8 Å². The first kappa shape index (κ1) is 18.9. The minimum Gasteiger partial charge on any atom is -0.372 e.